The highest BCUT2D eigenvalue weighted by Crippen LogP contribution is 2.34. The van der Waals surface area contributed by atoms with Gasteiger partial charge in [0.1, 0.15) is 17.3 Å². The molecular weight excluding hydrogens is 276 g/mol. The van der Waals surface area contributed by atoms with Crippen molar-refractivity contribution in [3.8, 4) is 5.75 Å². The molecule has 2 heterocycles. The lowest BCUT2D eigenvalue weighted by Crippen LogP contribution is -1.84. The molecule has 0 saturated carbocycles. The van der Waals surface area contributed by atoms with Crippen molar-refractivity contribution < 1.29 is 5.11 Å². The molecule has 2 aromatic carbocycles. The minimum absolute atomic E-state index is 0.118. The summed E-state index contributed by atoms with van der Waals surface area (Å²) in [6.45, 7) is 0. The standard InChI is InChI=1S/C17H12N4O/c22-15-6-5-11-7-8-18-9-12(11)17(15)19-10-16-20-13-3-1-2-4-14(13)21-16/h1-10,22H,(H,20,21). The summed E-state index contributed by atoms with van der Waals surface area (Å²) in [5, 5.41) is 11.8. The van der Waals surface area contributed by atoms with E-state index in [-0.39, 0.29) is 5.75 Å². The topological polar surface area (TPSA) is 74.2 Å². The zero-order valence-corrected chi connectivity index (χ0v) is 11.6. The Bertz CT molecular complexity index is 971. The van der Waals surface area contributed by atoms with Crippen LogP contribution in [0.4, 0.5) is 5.69 Å². The molecule has 0 fully saturated rings. The highest BCUT2D eigenvalue weighted by Gasteiger charge is 2.06. The van der Waals surface area contributed by atoms with E-state index in [0.29, 0.717) is 11.5 Å². The maximum Gasteiger partial charge on any atom is 0.149 e. The van der Waals surface area contributed by atoms with Crippen molar-refractivity contribution in [3.63, 3.8) is 0 Å². The molecule has 0 atom stereocenters. The Hall–Kier alpha value is -3.21. The summed E-state index contributed by atoms with van der Waals surface area (Å²) in [5.41, 5.74) is 2.33. The summed E-state index contributed by atoms with van der Waals surface area (Å²) < 4.78 is 0. The number of imidazole rings is 1. The zero-order chi connectivity index (χ0) is 14.9. The van der Waals surface area contributed by atoms with Crippen molar-refractivity contribution in [2.75, 3.05) is 0 Å². The molecule has 5 heteroatoms. The molecule has 22 heavy (non-hydrogen) atoms. The quantitative estimate of drug-likeness (QED) is 0.554. The van der Waals surface area contributed by atoms with Crippen molar-refractivity contribution in [2.24, 2.45) is 4.99 Å². The second kappa shape index (κ2) is 4.96. The Morgan fingerprint density at radius 1 is 1.09 bits per heavy atom. The van der Waals surface area contributed by atoms with Gasteiger partial charge in [-0.15, -0.1) is 0 Å². The fourth-order valence-corrected chi connectivity index (χ4v) is 2.43. The van der Waals surface area contributed by atoms with E-state index in [2.05, 4.69) is 19.9 Å². The van der Waals surface area contributed by atoms with E-state index >= 15 is 0 Å². The van der Waals surface area contributed by atoms with E-state index in [9.17, 15) is 5.11 Å². The third-order valence-electron chi connectivity index (χ3n) is 3.50. The van der Waals surface area contributed by atoms with E-state index in [1.165, 1.54) is 0 Å². The first kappa shape index (κ1) is 12.5. The number of para-hydroxylation sites is 2. The second-order valence-electron chi connectivity index (χ2n) is 4.93. The molecular formula is C17H12N4O. The van der Waals surface area contributed by atoms with Crippen LogP contribution in [0, 0.1) is 0 Å². The van der Waals surface area contributed by atoms with Gasteiger partial charge in [0.15, 0.2) is 0 Å². The van der Waals surface area contributed by atoms with Gasteiger partial charge in [0.2, 0.25) is 0 Å². The van der Waals surface area contributed by atoms with Gasteiger partial charge in [-0.3, -0.25) is 4.98 Å². The Morgan fingerprint density at radius 2 is 2.00 bits per heavy atom. The van der Waals surface area contributed by atoms with Gasteiger partial charge in [0.25, 0.3) is 0 Å². The van der Waals surface area contributed by atoms with Gasteiger partial charge < -0.3 is 10.1 Å². The van der Waals surface area contributed by atoms with Gasteiger partial charge >= 0.3 is 0 Å². The molecule has 2 aromatic heterocycles. The van der Waals surface area contributed by atoms with Gasteiger partial charge in [-0.25, -0.2) is 9.98 Å². The first-order chi connectivity index (χ1) is 10.8. The van der Waals surface area contributed by atoms with Crippen LogP contribution in [0.3, 0.4) is 0 Å². The second-order valence-corrected chi connectivity index (χ2v) is 4.93. The lowest BCUT2D eigenvalue weighted by molar-refractivity contribution is 0.477. The van der Waals surface area contributed by atoms with Crippen LogP contribution in [-0.4, -0.2) is 26.3 Å². The lowest BCUT2D eigenvalue weighted by atomic mass is 10.1. The molecule has 0 radical (unpaired) electrons. The maximum absolute atomic E-state index is 10.1. The molecule has 106 valence electrons. The van der Waals surface area contributed by atoms with Crippen LogP contribution in [-0.2, 0) is 0 Å². The van der Waals surface area contributed by atoms with Gasteiger partial charge in [-0.1, -0.05) is 18.2 Å². The number of hydrogen-bond donors (Lipinski definition) is 2. The summed E-state index contributed by atoms with van der Waals surface area (Å²) >= 11 is 0. The Morgan fingerprint density at radius 3 is 2.91 bits per heavy atom. The molecule has 4 aromatic rings. The Balaban J connectivity index is 1.81. The highest BCUT2D eigenvalue weighted by molar-refractivity contribution is 5.97. The molecule has 0 spiro atoms. The highest BCUT2D eigenvalue weighted by atomic mass is 16.3. The van der Waals surface area contributed by atoms with Gasteiger partial charge in [-0.05, 0) is 29.7 Å². The largest absolute Gasteiger partial charge is 0.506 e. The van der Waals surface area contributed by atoms with E-state index in [1.807, 2.05) is 36.4 Å². The van der Waals surface area contributed by atoms with E-state index in [0.717, 1.165) is 21.8 Å². The predicted molar refractivity (Wildman–Crippen MR) is 86.8 cm³/mol. The predicted octanol–water partition coefficient (Wildman–Crippen LogP) is 3.57. The third-order valence-corrected chi connectivity index (χ3v) is 3.50. The number of phenols is 1. The number of aromatic amines is 1. The summed E-state index contributed by atoms with van der Waals surface area (Å²) in [5.74, 6) is 0.759. The first-order valence-electron chi connectivity index (χ1n) is 6.86. The monoisotopic (exact) mass is 288 g/mol. The van der Waals surface area contributed by atoms with Crippen LogP contribution < -0.4 is 0 Å². The van der Waals surface area contributed by atoms with Crippen molar-refractivity contribution >= 4 is 33.7 Å². The molecule has 2 N–H and O–H groups in total. The number of nitrogens with zero attached hydrogens (tertiary/aromatic N) is 3. The first-order valence-corrected chi connectivity index (χ1v) is 6.86. The average Bonchev–Trinajstić information content (AvgIpc) is 2.97. The number of benzene rings is 2. The fraction of sp³-hybridized carbons (Fsp3) is 0. The number of fused-ring (bicyclic) bond motifs is 2. The van der Waals surface area contributed by atoms with Crippen LogP contribution in [0.25, 0.3) is 21.8 Å². The number of phenolic OH excluding ortho intramolecular Hbond substituents is 1. The molecule has 0 bridgehead atoms. The van der Waals surface area contributed by atoms with Gasteiger partial charge in [-0.2, -0.15) is 0 Å². The summed E-state index contributed by atoms with van der Waals surface area (Å²) in [6, 6.07) is 13.1. The van der Waals surface area contributed by atoms with Crippen molar-refractivity contribution in [1.82, 2.24) is 15.0 Å². The number of nitrogens with one attached hydrogen (secondary N) is 1. The molecule has 5 nitrogen and oxygen atoms in total. The van der Waals surface area contributed by atoms with Crippen LogP contribution >= 0.6 is 0 Å². The summed E-state index contributed by atoms with van der Waals surface area (Å²) in [6.07, 6.45) is 5.02. The van der Waals surface area contributed by atoms with Crippen LogP contribution in [0.2, 0.25) is 0 Å². The molecule has 0 amide bonds. The molecule has 0 saturated heterocycles. The number of aromatic nitrogens is 3. The van der Waals surface area contributed by atoms with Crippen LogP contribution in [0.15, 0.2) is 59.9 Å². The van der Waals surface area contributed by atoms with Gasteiger partial charge in [0.05, 0.1) is 17.2 Å². The lowest BCUT2D eigenvalue weighted by Gasteiger charge is -2.03. The number of hydrogen-bond acceptors (Lipinski definition) is 4. The zero-order valence-electron chi connectivity index (χ0n) is 11.6. The fourth-order valence-electron chi connectivity index (χ4n) is 2.43. The summed E-state index contributed by atoms with van der Waals surface area (Å²) in [7, 11) is 0. The van der Waals surface area contributed by atoms with Crippen molar-refractivity contribution in [2.45, 2.75) is 0 Å². The van der Waals surface area contributed by atoms with E-state index < -0.39 is 0 Å². The molecule has 0 aliphatic carbocycles. The van der Waals surface area contributed by atoms with Crippen molar-refractivity contribution in [1.29, 1.82) is 0 Å². The average molecular weight is 288 g/mol. The number of H-pyrrole nitrogens is 1. The molecule has 4 rings (SSSR count). The van der Waals surface area contributed by atoms with Gasteiger partial charge in [0, 0.05) is 17.8 Å². The normalized spacial score (nSPS) is 11.6. The third kappa shape index (κ3) is 2.09. The SMILES string of the molecule is Oc1ccc2ccncc2c1N=Cc1nc2ccccc2[nH]1. The minimum atomic E-state index is 0.118. The van der Waals surface area contributed by atoms with Crippen LogP contribution in [0.5, 0.6) is 5.75 Å². The smallest absolute Gasteiger partial charge is 0.149 e. The Labute approximate surface area is 126 Å². The van der Waals surface area contributed by atoms with Crippen LogP contribution in [0.1, 0.15) is 5.82 Å². The Kier molecular flexibility index (Phi) is 2.83. The van der Waals surface area contributed by atoms with E-state index in [4.69, 9.17) is 0 Å². The summed E-state index contributed by atoms with van der Waals surface area (Å²) in [4.78, 5) is 16.1. The van der Waals surface area contributed by atoms with Crippen molar-refractivity contribution in [3.05, 3.63) is 60.7 Å². The number of rotatable bonds is 2. The number of aliphatic imine (C=N–C) groups is 1. The number of aromatic hydroxyl groups is 1. The molecule has 0 aliphatic rings. The maximum atomic E-state index is 10.1. The molecule has 0 aliphatic heterocycles. The van der Waals surface area contributed by atoms with E-state index in [1.54, 1.807) is 24.7 Å². The minimum Gasteiger partial charge on any atom is -0.506 e. The number of pyridine rings is 1. The molecule has 0 unspecified atom stereocenters.